The molecule has 0 aliphatic carbocycles. The zero-order valence-electron chi connectivity index (χ0n) is 24.6. The van der Waals surface area contributed by atoms with E-state index in [1.807, 2.05) is 42.7 Å². The summed E-state index contributed by atoms with van der Waals surface area (Å²) in [5.41, 5.74) is 8.93. The Morgan fingerprint density at radius 2 is 1.77 bits per heavy atom. The largest absolute Gasteiger partial charge is 0.378 e. The number of aryl methyl sites for hydroxylation is 1. The number of fused-ring (bicyclic) bond motifs is 1. The third-order valence-corrected chi connectivity index (χ3v) is 8.39. The molecule has 5 rings (SSSR count). The van der Waals surface area contributed by atoms with E-state index in [9.17, 15) is 18.1 Å². The zero-order chi connectivity index (χ0) is 30.9. The summed E-state index contributed by atoms with van der Waals surface area (Å²) in [6.07, 6.45) is 0.120. The zero-order valence-corrected chi connectivity index (χ0v) is 25.4. The maximum atomic E-state index is 14.0. The van der Waals surface area contributed by atoms with Gasteiger partial charge in [0.2, 0.25) is 0 Å². The van der Waals surface area contributed by atoms with Gasteiger partial charge in [-0.3, -0.25) is 9.40 Å². The standard InChI is InChI=1S/C31H35F2N7O2S/c1-31(2,41)11-10-23-8-9-24(28(35-23)27(34)18-20-16-21(32)19-22(33)17-20)25-6-5-7-26-29(25)39(4)36-30(26)37-43(42)40-14-12-38(3)13-15-40/h5-9,16-17,19,27,41H,12-15,18,34H2,1-4H3,(H,36,37). The van der Waals surface area contributed by atoms with Gasteiger partial charge in [0, 0.05) is 55.8 Å². The van der Waals surface area contributed by atoms with Gasteiger partial charge < -0.3 is 15.7 Å². The van der Waals surface area contributed by atoms with Crippen LogP contribution in [0.3, 0.4) is 0 Å². The van der Waals surface area contributed by atoms with Gasteiger partial charge in [0.1, 0.15) is 22.9 Å². The van der Waals surface area contributed by atoms with E-state index in [0.717, 1.165) is 35.6 Å². The molecule has 1 saturated heterocycles. The highest BCUT2D eigenvalue weighted by atomic mass is 32.2. The number of benzene rings is 2. The van der Waals surface area contributed by atoms with Crippen molar-refractivity contribution >= 4 is 27.9 Å². The van der Waals surface area contributed by atoms with E-state index >= 15 is 0 Å². The highest BCUT2D eigenvalue weighted by Crippen LogP contribution is 2.36. The normalized spacial score (nSPS) is 16.1. The molecule has 0 saturated carbocycles. The lowest BCUT2D eigenvalue weighted by Gasteiger charge is -2.30. The number of nitrogens with zero attached hydrogens (tertiary/aromatic N) is 5. The van der Waals surface area contributed by atoms with Crippen LogP contribution in [0.25, 0.3) is 22.0 Å². The number of nitrogens with one attached hydrogen (secondary N) is 1. The number of para-hydroxylation sites is 1. The molecule has 1 aliphatic rings. The monoisotopic (exact) mass is 607 g/mol. The maximum absolute atomic E-state index is 14.0. The number of hydrogen-bond donors (Lipinski definition) is 3. The molecule has 2 atom stereocenters. The topological polar surface area (TPSA) is 113 Å². The summed E-state index contributed by atoms with van der Waals surface area (Å²) in [6, 6.07) is 11.9. The van der Waals surface area contributed by atoms with Crippen molar-refractivity contribution < 1.29 is 18.1 Å². The summed E-state index contributed by atoms with van der Waals surface area (Å²) in [5.74, 6) is 4.77. The predicted octanol–water partition coefficient (Wildman–Crippen LogP) is 3.52. The van der Waals surface area contributed by atoms with Gasteiger partial charge in [0.05, 0.1) is 17.3 Å². The van der Waals surface area contributed by atoms with Gasteiger partial charge in [-0.25, -0.2) is 22.3 Å². The third-order valence-electron chi connectivity index (χ3n) is 7.19. The van der Waals surface area contributed by atoms with Gasteiger partial charge in [-0.15, -0.1) is 0 Å². The van der Waals surface area contributed by atoms with Gasteiger partial charge in [-0.2, -0.15) is 5.10 Å². The fourth-order valence-electron chi connectivity index (χ4n) is 5.08. The summed E-state index contributed by atoms with van der Waals surface area (Å²) < 4.78 is 47.8. The van der Waals surface area contributed by atoms with Crippen molar-refractivity contribution in [1.82, 2.24) is 24.0 Å². The number of halogens is 2. The fourth-order valence-corrected chi connectivity index (χ4v) is 6.02. The molecule has 12 heteroatoms. The van der Waals surface area contributed by atoms with Gasteiger partial charge in [0.15, 0.2) is 17.0 Å². The number of nitrogens with two attached hydrogens (primary N) is 1. The number of pyridine rings is 1. The molecule has 43 heavy (non-hydrogen) atoms. The molecule has 4 aromatic rings. The van der Waals surface area contributed by atoms with Crippen LogP contribution in [0.5, 0.6) is 0 Å². The molecule has 0 spiro atoms. The van der Waals surface area contributed by atoms with E-state index in [4.69, 9.17) is 10.7 Å². The molecule has 0 bridgehead atoms. The van der Waals surface area contributed by atoms with Gasteiger partial charge >= 0.3 is 0 Å². The first-order chi connectivity index (χ1) is 20.4. The Morgan fingerprint density at radius 3 is 2.44 bits per heavy atom. The van der Waals surface area contributed by atoms with Crippen LogP contribution in [0.1, 0.15) is 36.8 Å². The Balaban J connectivity index is 1.56. The quantitative estimate of drug-likeness (QED) is 0.277. The molecule has 226 valence electrons. The number of piperazine rings is 1. The van der Waals surface area contributed by atoms with Gasteiger partial charge in [-0.05, 0) is 69.1 Å². The van der Waals surface area contributed by atoms with Crippen molar-refractivity contribution in [3.8, 4) is 23.0 Å². The molecule has 0 radical (unpaired) electrons. The lowest BCUT2D eigenvalue weighted by Crippen LogP contribution is -2.46. The van der Waals surface area contributed by atoms with Crippen LogP contribution in [0.2, 0.25) is 0 Å². The minimum absolute atomic E-state index is 0.120. The summed E-state index contributed by atoms with van der Waals surface area (Å²) in [4.78, 5) is 6.94. The molecule has 2 aromatic carbocycles. The second-order valence-corrected chi connectivity index (χ2v) is 12.5. The van der Waals surface area contributed by atoms with Crippen LogP contribution in [-0.2, 0) is 24.6 Å². The van der Waals surface area contributed by atoms with E-state index in [2.05, 4.69) is 26.6 Å². The third kappa shape index (κ3) is 7.26. The van der Waals surface area contributed by atoms with Crippen molar-refractivity contribution in [3.63, 3.8) is 0 Å². The Kier molecular flexibility index (Phi) is 8.91. The van der Waals surface area contributed by atoms with Crippen LogP contribution < -0.4 is 10.5 Å². The molecule has 2 unspecified atom stereocenters. The minimum Gasteiger partial charge on any atom is -0.378 e. The molecule has 2 aromatic heterocycles. The molecule has 1 fully saturated rings. The SMILES string of the molecule is CN1CCN(S(=O)Nc2nn(C)c3c(-c4ccc(C#CC(C)(C)O)nc4C(N)Cc4cc(F)cc(F)c4)cccc23)CC1. The number of rotatable bonds is 7. The van der Waals surface area contributed by atoms with E-state index in [0.29, 0.717) is 41.4 Å². The molecular formula is C31H35F2N7O2S. The maximum Gasteiger partial charge on any atom is 0.197 e. The molecule has 4 N–H and O–H groups in total. The van der Waals surface area contributed by atoms with Crippen LogP contribution in [0.15, 0.2) is 48.5 Å². The molecular weight excluding hydrogens is 572 g/mol. The summed E-state index contributed by atoms with van der Waals surface area (Å²) in [5, 5.41) is 15.5. The molecule has 1 aliphatic heterocycles. The highest BCUT2D eigenvalue weighted by Gasteiger charge is 2.24. The smallest absolute Gasteiger partial charge is 0.197 e. The average Bonchev–Trinajstić information content (AvgIpc) is 3.26. The Labute approximate surface area is 252 Å². The second kappa shape index (κ2) is 12.5. The number of anilines is 1. The lowest BCUT2D eigenvalue weighted by molar-refractivity contribution is 0.143. The van der Waals surface area contributed by atoms with Crippen molar-refractivity contribution in [1.29, 1.82) is 0 Å². The van der Waals surface area contributed by atoms with Crippen molar-refractivity contribution in [2.75, 3.05) is 37.9 Å². The van der Waals surface area contributed by atoms with Gasteiger partial charge in [-0.1, -0.05) is 18.1 Å². The van der Waals surface area contributed by atoms with Crippen molar-refractivity contribution in [2.45, 2.75) is 31.9 Å². The Bertz CT molecular complexity index is 1710. The van der Waals surface area contributed by atoms with E-state index in [-0.39, 0.29) is 6.42 Å². The van der Waals surface area contributed by atoms with E-state index in [1.54, 1.807) is 24.6 Å². The van der Waals surface area contributed by atoms with Crippen LogP contribution in [0, 0.1) is 23.5 Å². The summed E-state index contributed by atoms with van der Waals surface area (Å²) in [7, 11) is 3.85. The first-order valence-electron chi connectivity index (χ1n) is 13.9. The number of hydrogen-bond acceptors (Lipinski definition) is 6. The van der Waals surface area contributed by atoms with Crippen LogP contribution >= 0.6 is 0 Å². The minimum atomic E-state index is -1.47. The summed E-state index contributed by atoms with van der Waals surface area (Å²) >= 11 is -1.47. The number of aliphatic hydroxyl groups is 1. The van der Waals surface area contributed by atoms with Crippen LogP contribution in [-0.4, -0.2) is 72.1 Å². The average molecular weight is 608 g/mol. The number of likely N-dealkylation sites (N-methyl/N-ethyl adjacent to an activating group) is 1. The van der Waals surface area contributed by atoms with Gasteiger partial charge in [0.25, 0.3) is 0 Å². The number of aromatic nitrogens is 3. The molecule has 0 amide bonds. The van der Waals surface area contributed by atoms with Crippen molar-refractivity contribution in [3.05, 3.63) is 77.1 Å². The van der Waals surface area contributed by atoms with Crippen molar-refractivity contribution in [2.24, 2.45) is 12.8 Å². The fraction of sp³-hybridized carbons (Fsp3) is 0.355. The van der Waals surface area contributed by atoms with E-state index in [1.165, 1.54) is 12.1 Å². The Morgan fingerprint density at radius 1 is 1.07 bits per heavy atom. The predicted molar refractivity (Wildman–Crippen MR) is 165 cm³/mol. The Hall–Kier alpha value is -3.73. The second-order valence-electron chi connectivity index (χ2n) is 11.3. The first-order valence-corrected chi connectivity index (χ1v) is 15.0. The summed E-state index contributed by atoms with van der Waals surface area (Å²) in [6.45, 7) is 6.16. The molecule has 9 nitrogen and oxygen atoms in total. The highest BCUT2D eigenvalue weighted by molar-refractivity contribution is 7.84. The molecule has 3 heterocycles. The first kappa shape index (κ1) is 30.7. The van der Waals surface area contributed by atoms with Crippen LogP contribution in [0.4, 0.5) is 14.6 Å². The van der Waals surface area contributed by atoms with E-state index < -0.39 is 34.4 Å². The lowest BCUT2D eigenvalue weighted by atomic mass is 9.94.